The summed E-state index contributed by atoms with van der Waals surface area (Å²) in [5, 5.41) is 5.04. The SMILES string of the molecule is C[C@@H]1CN(c2cc(F)c(-c3cnc(N(C)[C@H]4CCOC4)nc3)cc2NC(=O)C2CNC(=O)CC2C(F)(F)F)C[C@H](C)N1C. The van der Waals surface area contributed by atoms with Crippen LogP contribution >= 0.6 is 0 Å². The first kappa shape index (κ1) is 30.9. The van der Waals surface area contributed by atoms with Crippen molar-refractivity contribution in [2.24, 2.45) is 11.8 Å². The summed E-state index contributed by atoms with van der Waals surface area (Å²) in [5.41, 5.74) is 0.977. The van der Waals surface area contributed by atoms with E-state index in [1.807, 2.05) is 37.7 Å². The molecule has 4 heterocycles. The van der Waals surface area contributed by atoms with Gasteiger partial charge in [0.25, 0.3) is 0 Å². The second-order valence-electron chi connectivity index (χ2n) is 11.8. The molecule has 2 unspecified atom stereocenters. The fourth-order valence-corrected chi connectivity index (χ4v) is 6.01. The number of aromatic nitrogens is 2. The molecular weight excluding hydrogens is 570 g/mol. The highest BCUT2D eigenvalue weighted by atomic mass is 19.4. The van der Waals surface area contributed by atoms with Crippen molar-refractivity contribution in [3.05, 3.63) is 30.3 Å². The minimum absolute atomic E-state index is 0.0944. The van der Waals surface area contributed by atoms with E-state index < -0.39 is 48.6 Å². The van der Waals surface area contributed by atoms with Gasteiger partial charge in [-0.2, -0.15) is 13.2 Å². The Morgan fingerprint density at radius 1 is 1.16 bits per heavy atom. The van der Waals surface area contributed by atoms with E-state index >= 15 is 4.39 Å². The van der Waals surface area contributed by atoms with Gasteiger partial charge in [0.15, 0.2) is 0 Å². The Labute approximate surface area is 247 Å². The molecule has 2 amide bonds. The number of hydrogen-bond acceptors (Lipinski definition) is 8. The minimum atomic E-state index is -4.74. The van der Waals surface area contributed by atoms with Crippen LogP contribution in [0.4, 0.5) is 34.9 Å². The summed E-state index contributed by atoms with van der Waals surface area (Å²) in [6.45, 7) is 5.85. The summed E-state index contributed by atoms with van der Waals surface area (Å²) in [6.07, 6.45) is -1.77. The van der Waals surface area contributed by atoms with Crippen molar-refractivity contribution in [1.29, 1.82) is 0 Å². The quantitative estimate of drug-likeness (QED) is 0.483. The maximum atomic E-state index is 15.8. The largest absolute Gasteiger partial charge is 0.393 e. The Kier molecular flexibility index (Phi) is 8.80. The van der Waals surface area contributed by atoms with E-state index in [1.54, 1.807) is 0 Å². The van der Waals surface area contributed by atoms with Gasteiger partial charge in [0.1, 0.15) is 5.82 Å². The highest BCUT2D eigenvalue weighted by Gasteiger charge is 2.50. The molecule has 10 nitrogen and oxygen atoms in total. The summed E-state index contributed by atoms with van der Waals surface area (Å²) in [6, 6.07) is 3.05. The van der Waals surface area contributed by atoms with Gasteiger partial charge < -0.3 is 25.2 Å². The molecule has 3 aliphatic heterocycles. The number of piperidine rings is 1. The van der Waals surface area contributed by atoms with Crippen molar-refractivity contribution in [2.75, 3.05) is 62.1 Å². The second kappa shape index (κ2) is 12.2. The molecule has 234 valence electrons. The van der Waals surface area contributed by atoms with Gasteiger partial charge in [-0.05, 0) is 39.4 Å². The highest BCUT2D eigenvalue weighted by molar-refractivity contribution is 5.98. The van der Waals surface area contributed by atoms with Gasteiger partial charge in [0, 0.05) is 75.3 Å². The molecule has 0 saturated carbocycles. The number of nitrogens with zero attached hydrogens (tertiary/aromatic N) is 5. The molecule has 5 atom stereocenters. The van der Waals surface area contributed by atoms with E-state index in [2.05, 4.69) is 25.5 Å². The minimum Gasteiger partial charge on any atom is -0.379 e. The molecule has 0 radical (unpaired) electrons. The van der Waals surface area contributed by atoms with Crippen molar-refractivity contribution < 1.29 is 31.9 Å². The first-order valence-electron chi connectivity index (χ1n) is 14.4. The normalized spacial score (nSPS) is 26.7. The lowest BCUT2D eigenvalue weighted by Gasteiger charge is -2.44. The maximum absolute atomic E-state index is 15.8. The fraction of sp³-hybridized carbons (Fsp3) is 0.586. The lowest BCUT2D eigenvalue weighted by atomic mass is 9.84. The van der Waals surface area contributed by atoms with E-state index in [0.717, 1.165) is 6.42 Å². The fourth-order valence-electron chi connectivity index (χ4n) is 6.01. The first-order valence-corrected chi connectivity index (χ1v) is 14.4. The zero-order valence-corrected chi connectivity index (χ0v) is 24.6. The molecule has 3 fully saturated rings. The van der Waals surface area contributed by atoms with Crippen LogP contribution in [0, 0.1) is 17.7 Å². The number of anilines is 3. The predicted octanol–water partition coefficient (Wildman–Crippen LogP) is 3.29. The van der Waals surface area contributed by atoms with E-state index in [1.165, 1.54) is 24.5 Å². The van der Waals surface area contributed by atoms with Gasteiger partial charge in [-0.1, -0.05) is 0 Å². The van der Waals surface area contributed by atoms with Crippen LogP contribution in [0.5, 0.6) is 0 Å². The number of benzene rings is 1. The van der Waals surface area contributed by atoms with Gasteiger partial charge in [-0.3, -0.25) is 14.5 Å². The Bertz CT molecular complexity index is 1320. The molecule has 2 aromatic rings. The lowest BCUT2D eigenvalue weighted by Crippen LogP contribution is -2.55. The van der Waals surface area contributed by atoms with Gasteiger partial charge in [-0.15, -0.1) is 0 Å². The molecule has 1 aromatic carbocycles. The van der Waals surface area contributed by atoms with Gasteiger partial charge >= 0.3 is 6.18 Å². The van der Waals surface area contributed by atoms with E-state index in [4.69, 9.17) is 4.74 Å². The van der Waals surface area contributed by atoms with Crippen LogP contribution in [0.15, 0.2) is 24.5 Å². The monoisotopic (exact) mass is 607 g/mol. The second-order valence-corrected chi connectivity index (χ2v) is 11.8. The summed E-state index contributed by atoms with van der Waals surface area (Å²) in [7, 11) is 3.85. The zero-order valence-electron chi connectivity index (χ0n) is 24.6. The van der Waals surface area contributed by atoms with Crippen LogP contribution in [0.25, 0.3) is 11.1 Å². The number of carbonyl (C=O) groups is 2. The van der Waals surface area contributed by atoms with E-state index in [0.29, 0.717) is 43.5 Å². The summed E-state index contributed by atoms with van der Waals surface area (Å²) >= 11 is 0. The molecule has 1 aromatic heterocycles. The molecule has 5 rings (SSSR count). The number of amides is 2. The molecule has 3 aliphatic rings. The molecule has 43 heavy (non-hydrogen) atoms. The Morgan fingerprint density at radius 3 is 2.44 bits per heavy atom. The maximum Gasteiger partial charge on any atom is 0.393 e. The van der Waals surface area contributed by atoms with Gasteiger partial charge in [0.05, 0.1) is 35.9 Å². The van der Waals surface area contributed by atoms with Crippen molar-refractivity contribution in [3.63, 3.8) is 0 Å². The average molecular weight is 608 g/mol. The Balaban J connectivity index is 1.49. The number of hydrogen-bond donors (Lipinski definition) is 2. The Morgan fingerprint density at radius 2 is 1.84 bits per heavy atom. The predicted molar refractivity (Wildman–Crippen MR) is 153 cm³/mol. The van der Waals surface area contributed by atoms with Crippen molar-refractivity contribution in [2.45, 2.75) is 51.0 Å². The number of likely N-dealkylation sites (N-methyl/N-ethyl adjacent to an activating group) is 2. The molecule has 2 N–H and O–H groups in total. The van der Waals surface area contributed by atoms with E-state index in [-0.39, 0.29) is 29.4 Å². The molecule has 0 bridgehead atoms. The average Bonchev–Trinajstić information content (AvgIpc) is 3.51. The first-order chi connectivity index (χ1) is 20.3. The summed E-state index contributed by atoms with van der Waals surface area (Å²) in [5.74, 6) is -5.46. The van der Waals surface area contributed by atoms with Crippen LogP contribution in [-0.4, -0.2) is 97.9 Å². The van der Waals surface area contributed by atoms with E-state index in [9.17, 15) is 22.8 Å². The van der Waals surface area contributed by atoms with Crippen molar-refractivity contribution in [1.82, 2.24) is 20.2 Å². The third kappa shape index (κ3) is 6.54. The molecule has 0 aliphatic carbocycles. The van der Waals surface area contributed by atoms with Crippen LogP contribution in [0.1, 0.15) is 26.7 Å². The van der Waals surface area contributed by atoms with Crippen LogP contribution < -0.4 is 20.4 Å². The number of nitrogens with one attached hydrogen (secondary N) is 2. The highest BCUT2D eigenvalue weighted by Crippen LogP contribution is 2.39. The molecule has 3 saturated heterocycles. The Hall–Kier alpha value is -3.52. The third-order valence-corrected chi connectivity index (χ3v) is 8.93. The van der Waals surface area contributed by atoms with Gasteiger partial charge in [-0.25, -0.2) is 14.4 Å². The molecule has 0 spiro atoms. The number of rotatable bonds is 6. The lowest BCUT2D eigenvalue weighted by molar-refractivity contribution is -0.197. The smallest absolute Gasteiger partial charge is 0.379 e. The molecule has 14 heteroatoms. The summed E-state index contributed by atoms with van der Waals surface area (Å²) < 4.78 is 62.7. The topological polar surface area (TPSA) is 103 Å². The molecular formula is C29H37F4N7O3. The van der Waals surface area contributed by atoms with Crippen molar-refractivity contribution >= 4 is 29.1 Å². The van der Waals surface area contributed by atoms with Crippen LogP contribution in [0.2, 0.25) is 0 Å². The summed E-state index contributed by atoms with van der Waals surface area (Å²) in [4.78, 5) is 40.0. The number of alkyl halides is 3. The number of piperazine rings is 1. The van der Waals surface area contributed by atoms with Crippen molar-refractivity contribution in [3.8, 4) is 11.1 Å². The third-order valence-electron chi connectivity index (χ3n) is 8.93. The zero-order chi connectivity index (χ0) is 31.1. The number of ether oxygens (including phenoxy) is 1. The standard InChI is InChI=1S/C29H37F4N7O3/c1-16-13-40(14-17(2)38(16)3)25-9-23(30)20(18-10-35-28(36-11-18)39(4)19-5-6-43-15-19)7-24(25)37-27(42)21-12-34-26(41)8-22(21)29(31,32)33/h7,9-11,16-17,19,21-22H,5-6,8,12-15H2,1-4H3,(H,34,41)(H,37,42)/t16-,17+,19-,21?,22?/m0/s1. The van der Waals surface area contributed by atoms with Gasteiger partial charge in [0.2, 0.25) is 17.8 Å². The number of carbonyl (C=O) groups excluding carboxylic acids is 2. The van der Waals surface area contributed by atoms with Crippen LogP contribution in [-0.2, 0) is 14.3 Å². The number of halogens is 4. The van der Waals surface area contributed by atoms with Crippen LogP contribution in [0.3, 0.4) is 0 Å².